The topological polar surface area (TPSA) is 95.7 Å². The summed E-state index contributed by atoms with van der Waals surface area (Å²) in [6.45, 7) is 3.73. The maximum atomic E-state index is 13.5. The van der Waals surface area contributed by atoms with Gasteiger partial charge in [-0.15, -0.1) is 11.3 Å². The average molecular weight is 511 g/mol. The summed E-state index contributed by atoms with van der Waals surface area (Å²) in [5.41, 5.74) is 7.03. The van der Waals surface area contributed by atoms with Crippen LogP contribution in [0, 0.1) is 11.8 Å². The summed E-state index contributed by atoms with van der Waals surface area (Å²) in [7, 11) is 0. The highest BCUT2D eigenvalue weighted by Gasteiger charge is 2.42. The largest absolute Gasteiger partial charge is 0.354 e. The third-order valence-corrected chi connectivity index (χ3v) is 8.55. The lowest BCUT2D eigenvalue weighted by molar-refractivity contribution is -0.137. The maximum absolute atomic E-state index is 13.5. The van der Waals surface area contributed by atoms with Crippen LogP contribution < -0.4 is 11.1 Å². The summed E-state index contributed by atoms with van der Waals surface area (Å²) in [6.07, 6.45) is 5.63. The smallest absolute Gasteiger partial charge is 0.264 e. The van der Waals surface area contributed by atoms with E-state index < -0.39 is 6.04 Å². The molecule has 0 bridgehead atoms. The molecule has 36 heavy (non-hydrogen) atoms. The van der Waals surface area contributed by atoms with Crippen LogP contribution in [0.25, 0.3) is 0 Å². The Balaban J connectivity index is 1.44. The van der Waals surface area contributed by atoms with Gasteiger partial charge in [0, 0.05) is 26.6 Å². The normalized spacial score (nSPS) is 23.9. The fourth-order valence-electron chi connectivity index (χ4n) is 5.69. The molecule has 1 saturated carbocycles. The van der Waals surface area contributed by atoms with Crippen molar-refractivity contribution in [3.05, 3.63) is 58.3 Å². The van der Waals surface area contributed by atoms with E-state index in [0.717, 1.165) is 31.2 Å². The summed E-state index contributed by atoms with van der Waals surface area (Å²) in [5.74, 6) is 0.679. The maximum Gasteiger partial charge on any atom is 0.264 e. The molecule has 2 aliphatic rings. The lowest BCUT2D eigenvalue weighted by Gasteiger charge is -2.29. The second-order valence-corrected chi connectivity index (χ2v) is 11.1. The molecular formula is C28H38N4O3S. The lowest BCUT2D eigenvalue weighted by Crippen LogP contribution is -2.46. The number of hydrogen-bond donors (Lipinski definition) is 2. The van der Waals surface area contributed by atoms with E-state index in [1.807, 2.05) is 40.6 Å². The Bertz CT molecular complexity index is 1010. The van der Waals surface area contributed by atoms with Crippen molar-refractivity contribution < 1.29 is 14.4 Å². The first kappa shape index (κ1) is 26.4. The average Bonchev–Trinajstić information content (AvgIpc) is 3.59. The monoisotopic (exact) mass is 510 g/mol. The lowest BCUT2D eigenvalue weighted by atomic mass is 9.81. The number of thiophene rings is 1. The van der Waals surface area contributed by atoms with Gasteiger partial charge in [0.15, 0.2) is 0 Å². The van der Waals surface area contributed by atoms with Gasteiger partial charge in [0.2, 0.25) is 11.8 Å². The first-order chi connectivity index (χ1) is 17.5. The molecule has 3 N–H and O–H groups in total. The van der Waals surface area contributed by atoms with E-state index in [-0.39, 0.29) is 23.8 Å². The van der Waals surface area contributed by atoms with Gasteiger partial charge in [0.25, 0.3) is 5.91 Å². The van der Waals surface area contributed by atoms with Gasteiger partial charge in [-0.3, -0.25) is 14.4 Å². The molecule has 0 radical (unpaired) electrons. The molecule has 4 unspecified atom stereocenters. The zero-order chi connectivity index (χ0) is 25.5. The number of rotatable bonds is 9. The number of nitrogens with two attached hydrogens (primary N) is 1. The van der Waals surface area contributed by atoms with Crippen LogP contribution in [0.2, 0.25) is 0 Å². The Morgan fingerprint density at radius 2 is 1.86 bits per heavy atom. The van der Waals surface area contributed by atoms with Crippen molar-refractivity contribution in [1.82, 2.24) is 15.1 Å². The number of likely N-dealkylation sites (tertiary alicyclic amines) is 1. The van der Waals surface area contributed by atoms with Crippen LogP contribution >= 0.6 is 11.3 Å². The van der Waals surface area contributed by atoms with Crippen LogP contribution in [0.4, 0.5) is 0 Å². The first-order valence-electron chi connectivity index (χ1n) is 13.1. The fraction of sp³-hybridized carbons (Fsp3) is 0.536. The van der Waals surface area contributed by atoms with Gasteiger partial charge >= 0.3 is 0 Å². The SMILES string of the molecule is CC(=O)N1CC(N(CCc2ccccc2)C(=O)c2cccs2)CC1C(=O)NCC1CCCC(CN)C1. The van der Waals surface area contributed by atoms with Crippen LogP contribution in [0.3, 0.4) is 0 Å². The molecule has 4 atom stereocenters. The van der Waals surface area contributed by atoms with Crippen molar-refractivity contribution in [2.75, 3.05) is 26.2 Å². The quantitative estimate of drug-likeness (QED) is 0.541. The molecule has 8 heteroatoms. The standard InChI is InChI=1S/C28H38N4O3S/c1-20(33)32-19-24(16-25(32)27(34)30-18-23-10-5-9-22(15-23)17-29)31(28(35)26-11-6-14-36-26)13-12-21-7-3-2-4-8-21/h2-4,6-8,11,14,22-25H,5,9-10,12-13,15-19,29H2,1H3,(H,30,34). The van der Waals surface area contributed by atoms with Gasteiger partial charge in [-0.2, -0.15) is 0 Å². The highest BCUT2D eigenvalue weighted by Crippen LogP contribution is 2.29. The molecule has 1 aromatic carbocycles. The molecule has 2 aromatic rings. The van der Waals surface area contributed by atoms with Crippen molar-refractivity contribution in [2.45, 2.75) is 57.5 Å². The highest BCUT2D eigenvalue weighted by atomic mass is 32.1. The highest BCUT2D eigenvalue weighted by molar-refractivity contribution is 7.12. The van der Waals surface area contributed by atoms with Crippen molar-refractivity contribution in [3.8, 4) is 0 Å². The molecule has 2 heterocycles. The van der Waals surface area contributed by atoms with E-state index in [4.69, 9.17) is 5.73 Å². The number of carbonyl (C=O) groups is 3. The Labute approximate surface area is 218 Å². The third-order valence-electron chi connectivity index (χ3n) is 7.69. The Morgan fingerprint density at radius 1 is 1.08 bits per heavy atom. The van der Waals surface area contributed by atoms with Crippen molar-refractivity contribution >= 4 is 29.1 Å². The van der Waals surface area contributed by atoms with Gasteiger partial charge in [-0.05, 0) is 67.5 Å². The molecule has 7 nitrogen and oxygen atoms in total. The van der Waals surface area contributed by atoms with E-state index in [1.54, 1.807) is 4.90 Å². The Morgan fingerprint density at radius 3 is 2.56 bits per heavy atom. The van der Waals surface area contributed by atoms with E-state index in [0.29, 0.717) is 49.3 Å². The van der Waals surface area contributed by atoms with E-state index >= 15 is 0 Å². The van der Waals surface area contributed by atoms with Crippen LogP contribution in [0.15, 0.2) is 47.8 Å². The van der Waals surface area contributed by atoms with Crippen LogP contribution in [-0.4, -0.2) is 65.8 Å². The van der Waals surface area contributed by atoms with Gasteiger partial charge in [-0.25, -0.2) is 0 Å². The van der Waals surface area contributed by atoms with Crippen molar-refractivity contribution in [2.24, 2.45) is 17.6 Å². The molecule has 3 amide bonds. The minimum absolute atomic E-state index is 0.0366. The van der Waals surface area contributed by atoms with E-state index in [1.165, 1.54) is 24.7 Å². The molecule has 2 fully saturated rings. The van der Waals surface area contributed by atoms with Crippen molar-refractivity contribution in [1.29, 1.82) is 0 Å². The summed E-state index contributed by atoms with van der Waals surface area (Å²) in [5, 5.41) is 5.02. The number of hydrogen-bond acceptors (Lipinski definition) is 5. The zero-order valence-corrected chi connectivity index (χ0v) is 21.9. The summed E-state index contributed by atoms with van der Waals surface area (Å²) < 4.78 is 0. The minimum atomic E-state index is -0.559. The number of benzene rings is 1. The molecule has 0 spiro atoms. The zero-order valence-electron chi connectivity index (χ0n) is 21.1. The van der Waals surface area contributed by atoms with Gasteiger partial charge in [0.05, 0.1) is 10.9 Å². The third kappa shape index (κ3) is 6.53. The molecule has 4 rings (SSSR count). The number of amides is 3. The molecule has 1 aliphatic carbocycles. The minimum Gasteiger partial charge on any atom is -0.354 e. The van der Waals surface area contributed by atoms with E-state index in [2.05, 4.69) is 17.4 Å². The Kier molecular flexibility index (Phi) is 9.15. The number of nitrogens with one attached hydrogen (secondary N) is 1. The predicted octanol–water partition coefficient (Wildman–Crippen LogP) is 3.30. The molecule has 1 saturated heterocycles. The predicted molar refractivity (Wildman–Crippen MR) is 143 cm³/mol. The second-order valence-electron chi connectivity index (χ2n) is 10.2. The fourth-order valence-corrected chi connectivity index (χ4v) is 6.37. The van der Waals surface area contributed by atoms with Crippen LogP contribution in [-0.2, 0) is 16.0 Å². The second kappa shape index (κ2) is 12.5. The van der Waals surface area contributed by atoms with Crippen LogP contribution in [0.1, 0.15) is 54.3 Å². The van der Waals surface area contributed by atoms with Gasteiger partial charge in [0.1, 0.15) is 6.04 Å². The van der Waals surface area contributed by atoms with Crippen molar-refractivity contribution in [3.63, 3.8) is 0 Å². The first-order valence-corrected chi connectivity index (χ1v) is 14.0. The molecule has 1 aromatic heterocycles. The number of carbonyl (C=O) groups excluding carboxylic acids is 3. The van der Waals surface area contributed by atoms with Gasteiger partial charge < -0.3 is 20.9 Å². The molecule has 1 aliphatic heterocycles. The summed E-state index contributed by atoms with van der Waals surface area (Å²) >= 11 is 1.42. The number of nitrogens with zero attached hydrogens (tertiary/aromatic N) is 2. The molecular weight excluding hydrogens is 472 g/mol. The summed E-state index contributed by atoms with van der Waals surface area (Å²) in [6, 6.07) is 13.0. The molecule has 194 valence electrons. The van der Waals surface area contributed by atoms with E-state index in [9.17, 15) is 14.4 Å². The van der Waals surface area contributed by atoms with Crippen LogP contribution in [0.5, 0.6) is 0 Å². The van der Waals surface area contributed by atoms with Gasteiger partial charge in [-0.1, -0.05) is 42.8 Å². The Hall–Kier alpha value is -2.71. The summed E-state index contributed by atoms with van der Waals surface area (Å²) in [4.78, 5) is 43.5.